The molecule has 0 N–H and O–H groups in total. The molecule has 0 amide bonds. The molecule has 10 aromatic carbocycles. The highest BCUT2D eigenvalue weighted by molar-refractivity contribution is 7.25. The number of thiophene rings is 1. The highest BCUT2D eigenvalue weighted by atomic mass is 32.1. The Bertz CT molecular complexity index is 3870. The Balaban J connectivity index is 1.12. The van der Waals surface area contributed by atoms with Crippen molar-refractivity contribution in [1.29, 1.82) is 0 Å². The topological polar surface area (TPSA) is 16.4 Å². The molecule has 0 saturated heterocycles. The van der Waals surface area contributed by atoms with Gasteiger partial charge in [-0.3, -0.25) is 0 Å². The smallest absolute Gasteiger partial charge is 0.137 e. The summed E-state index contributed by atoms with van der Waals surface area (Å²) in [6.07, 6.45) is 0. The predicted octanol–water partition coefficient (Wildman–Crippen LogP) is 17.1. The van der Waals surface area contributed by atoms with Gasteiger partial charge in [0.05, 0.1) is 11.1 Å². The highest BCUT2D eigenvalue weighted by Crippen LogP contribution is 2.63. The lowest BCUT2D eigenvalue weighted by Crippen LogP contribution is -2.29. The third kappa shape index (κ3) is 4.90. The second-order valence-corrected chi connectivity index (χ2v) is 18.2. The number of para-hydroxylation sites is 2. The largest absolute Gasteiger partial charge is 0.456 e. The van der Waals surface area contributed by atoms with Gasteiger partial charge >= 0.3 is 0 Å². The highest BCUT2D eigenvalue weighted by Gasteiger charge is 2.50. The normalized spacial score (nSPS) is 14.6. The van der Waals surface area contributed by atoms with E-state index in [0.29, 0.717) is 0 Å². The molecule has 298 valence electrons. The van der Waals surface area contributed by atoms with Gasteiger partial charge in [-0.2, -0.15) is 0 Å². The van der Waals surface area contributed by atoms with Crippen LogP contribution in [-0.2, 0) is 5.41 Å². The number of fused-ring (bicyclic) bond motifs is 18. The Morgan fingerprint density at radius 3 is 1.69 bits per heavy atom. The van der Waals surface area contributed by atoms with Crippen LogP contribution in [0.1, 0.15) is 22.3 Å². The molecule has 0 bridgehead atoms. The lowest BCUT2D eigenvalue weighted by molar-refractivity contribution is 0.669. The van der Waals surface area contributed by atoms with E-state index in [2.05, 4.69) is 223 Å². The fourth-order valence-corrected chi connectivity index (χ4v) is 12.4. The van der Waals surface area contributed by atoms with Crippen LogP contribution in [0.25, 0.3) is 86.6 Å². The van der Waals surface area contributed by atoms with E-state index in [1.165, 1.54) is 75.8 Å². The fraction of sp³-hybridized carbons (Fsp3) is 0.0164. The van der Waals surface area contributed by atoms with Crippen molar-refractivity contribution < 1.29 is 4.42 Å². The first-order valence-corrected chi connectivity index (χ1v) is 22.8. The van der Waals surface area contributed by atoms with Gasteiger partial charge in [0.25, 0.3) is 0 Å². The Hall–Kier alpha value is -7.98. The molecule has 12 aromatic rings. The molecule has 3 heteroatoms. The SMILES string of the molecule is c1ccc(-c2ccccc2N(c2ccc3c(c2)C2(c4ccccc4-c4ccccc4-3)c3ccccc3-c3cc4sc5ccccc5c4cc32)c2ccc3c(c2)oc2ccccc23)cc1. The number of hydrogen-bond donors (Lipinski definition) is 0. The summed E-state index contributed by atoms with van der Waals surface area (Å²) in [5.41, 5.74) is 19.3. The molecule has 1 spiro atoms. The molecule has 2 aliphatic rings. The molecule has 2 heterocycles. The van der Waals surface area contributed by atoms with Gasteiger partial charge in [0, 0.05) is 53.9 Å². The second-order valence-electron chi connectivity index (χ2n) is 17.1. The van der Waals surface area contributed by atoms with E-state index >= 15 is 0 Å². The van der Waals surface area contributed by atoms with Crippen molar-refractivity contribution in [2.45, 2.75) is 5.41 Å². The van der Waals surface area contributed by atoms with Crippen molar-refractivity contribution in [2.24, 2.45) is 0 Å². The second kappa shape index (κ2) is 13.5. The molecule has 0 saturated carbocycles. The molecular weight excluding hydrogens is 795 g/mol. The number of rotatable bonds is 4. The molecule has 14 rings (SSSR count). The minimum absolute atomic E-state index is 0.655. The zero-order valence-electron chi connectivity index (χ0n) is 34.6. The van der Waals surface area contributed by atoms with Crippen LogP contribution in [0.3, 0.4) is 0 Å². The number of anilines is 3. The fourth-order valence-electron chi connectivity index (χ4n) is 11.2. The van der Waals surface area contributed by atoms with Crippen molar-refractivity contribution >= 4 is 70.5 Å². The van der Waals surface area contributed by atoms with Gasteiger partial charge in [-0.25, -0.2) is 0 Å². The number of benzene rings is 10. The molecule has 0 radical (unpaired) electrons. The van der Waals surface area contributed by atoms with Crippen LogP contribution in [0, 0.1) is 0 Å². The summed E-state index contributed by atoms with van der Waals surface area (Å²) in [5.74, 6) is 0. The van der Waals surface area contributed by atoms with Crippen LogP contribution in [0.5, 0.6) is 0 Å². The van der Waals surface area contributed by atoms with E-state index < -0.39 is 5.41 Å². The van der Waals surface area contributed by atoms with Crippen LogP contribution < -0.4 is 4.90 Å². The van der Waals surface area contributed by atoms with Crippen LogP contribution in [0.4, 0.5) is 17.1 Å². The standard InChI is InChI=1S/C61H37NOS/c1-2-16-38(17-3-1)41-18-8-13-27-56(41)62(40-31-33-48-47-23-9-14-28-57(47)63-58(48)35-40)39-30-32-46-43-20-5-4-19-42(43)44-21-6-11-25-52(44)61(54(46)34-39)53-26-12-7-22-45(53)50-37-60-51(36-55(50)61)49-24-10-15-29-59(49)64-60/h1-37H. The van der Waals surface area contributed by atoms with E-state index in [1.807, 2.05) is 17.4 Å². The first-order valence-electron chi connectivity index (χ1n) is 22.0. The summed E-state index contributed by atoms with van der Waals surface area (Å²) >= 11 is 1.89. The zero-order chi connectivity index (χ0) is 41.9. The number of hydrogen-bond acceptors (Lipinski definition) is 3. The summed E-state index contributed by atoms with van der Waals surface area (Å²) in [7, 11) is 0. The molecule has 1 unspecified atom stereocenters. The maximum atomic E-state index is 6.60. The number of furan rings is 1. The van der Waals surface area contributed by atoms with Crippen LogP contribution >= 0.6 is 11.3 Å². The van der Waals surface area contributed by atoms with E-state index in [-0.39, 0.29) is 0 Å². The van der Waals surface area contributed by atoms with E-state index in [0.717, 1.165) is 50.1 Å². The Morgan fingerprint density at radius 1 is 0.328 bits per heavy atom. The van der Waals surface area contributed by atoms with Crippen LogP contribution in [0.15, 0.2) is 229 Å². The zero-order valence-corrected chi connectivity index (χ0v) is 35.4. The maximum Gasteiger partial charge on any atom is 0.137 e. The summed E-state index contributed by atoms with van der Waals surface area (Å²) in [6, 6.07) is 83.2. The van der Waals surface area contributed by atoms with Crippen molar-refractivity contribution in [2.75, 3.05) is 4.90 Å². The van der Waals surface area contributed by atoms with Gasteiger partial charge in [0.15, 0.2) is 0 Å². The molecule has 0 aliphatic heterocycles. The van der Waals surface area contributed by atoms with Crippen molar-refractivity contribution in [3.05, 3.63) is 247 Å². The van der Waals surface area contributed by atoms with Gasteiger partial charge in [0.1, 0.15) is 11.2 Å². The van der Waals surface area contributed by atoms with E-state index in [4.69, 9.17) is 4.42 Å². The van der Waals surface area contributed by atoms with Gasteiger partial charge in [-0.1, -0.05) is 164 Å². The molecule has 2 nitrogen and oxygen atoms in total. The lowest BCUT2D eigenvalue weighted by atomic mass is 9.65. The lowest BCUT2D eigenvalue weighted by Gasteiger charge is -2.36. The predicted molar refractivity (Wildman–Crippen MR) is 268 cm³/mol. The number of nitrogens with zero attached hydrogens (tertiary/aromatic N) is 1. The molecule has 64 heavy (non-hydrogen) atoms. The Labute approximate surface area is 374 Å². The first kappa shape index (κ1) is 35.6. The summed E-state index contributed by atoms with van der Waals surface area (Å²) < 4.78 is 9.23. The minimum atomic E-state index is -0.655. The molecular formula is C61H37NOS. The van der Waals surface area contributed by atoms with Gasteiger partial charge in [-0.15, -0.1) is 11.3 Å². The van der Waals surface area contributed by atoms with Gasteiger partial charge in [-0.05, 0) is 116 Å². The Kier molecular flexibility index (Phi) is 7.51. The molecule has 2 aliphatic carbocycles. The average Bonchev–Trinajstić information content (AvgIpc) is 3.99. The molecule has 2 aromatic heterocycles. The van der Waals surface area contributed by atoms with E-state index in [9.17, 15) is 0 Å². The molecule has 1 atom stereocenters. The van der Waals surface area contributed by atoms with Gasteiger partial charge in [0.2, 0.25) is 0 Å². The first-order chi connectivity index (χ1) is 31.7. The van der Waals surface area contributed by atoms with Crippen LogP contribution in [-0.4, -0.2) is 0 Å². The third-order valence-electron chi connectivity index (χ3n) is 13.9. The van der Waals surface area contributed by atoms with Crippen molar-refractivity contribution in [3.8, 4) is 44.5 Å². The Morgan fingerprint density at radius 2 is 0.891 bits per heavy atom. The summed E-state index contributed by atoms with van der Waals surface area (Å²) in [4.78, 5) is 2.45. The van der Waals surface area contributed by atoms with Crippen molar-refractivity contribution in [1.82, 2.24) is 0 Å². The van der Waals surface area contributed by atoms with Crippen molar-refractivity contribution in [3.63, 3.8) is 0 Å². The minimum Gasteiger partial charge on any atom is -0.456 e. The monoisotopic (exact) mass is 831 g/mol. The van der Waals surface area contributed by atoms with Crippen LogP contribution in [0.2, 0.25) is 0 Å². The molecule has 0 fully saturated rings. The summed E-state index contributed by atoms with van der Waals surface area (Å²) in [6.45, 7) is 0. The third-order valence-corrected chi connectivity index (χ3v) is 15.0. The van der Waals surface area contributed by atoms with E-state index in [1.54, 1.807) is 0 Å². The van der Waals surface area contributed by atoms with Gasteiger partial charge < -0.3 is 9.32 Å². The summed E-state index contributed by atoms with van der Waals surface area (Å²) in [5, 5.41) is 4.84. The quantitative estimate of drug-likeness (QED) is 0.176. The average molecular weight is 832 g/mol. The maximum absolute atomic E-state index is 6.60.